The van der Waals surface area contributed by atoms with Crippen LogP contribution >= 0.6 is 7.75 Å². The van der Waals surface area contributed by atoms with Crippen LogP contribution in [0.25, 0.3) is 5.52 Å². The molecular formula is C30H39N6O8P. The molecule has 2 aliphatic rings. The Labute approximate surface area is 261 Å². The van der Waals surface area contributed by atoms with Crippen molar-refractivity contribution in [1.82, 2.24) is 19.7 Å². The van der Waals surface area contributed by atoms with Gasteiger partial charge in [0.15, 0.2) is 5.82 Å². The molecule has 1 aromatic carbocycles. The van der Waals surface area contributed by atoms with E-state index in [4.69, 9.17) is 24.3 Å². The number of ether oxygens (including phenoxy) is 2. The molecule has 0 radical (unpaired) electrons. The van der Waals surface area contributed by atoms with Crippen molar-refractivity contribution in [2.24, 2.45) is 11.8 Å². The molecule has 2 aromatic heterocycles. The van der Waals surface area contributed by atoms with E-state index >= 15 is 0 Å². The van der Waals surface area contributed by atoms with Gasteiger partial charge in [-0.1, -0.05) is 44.4 Å². The summed E-state index contributed by atoms with van der Waals surface area (Å²) in [6.07, 6.45) is 1.93. The number of esters is 1. The molecule has 1 aliphatic heterocycles. The highest BCUT2D eigenvalue weighted by molar-refractivity contribution is 7.52. The number of nitrogens with two attached hydrogens (primary N) is 1. The van der Waals surface area contributed by atoms with Gasteiger partial charge in [0.05, 0.1) is 12.3 Å². The number of nitriles is 1. The largest absolute Gasteiger partial charge is 0.464 e. The van der Waals surface area contributed by atoms with Crippen LogP contribution in [0.2, 0.25) is 0 Å². The monoisotopic (exact) mass is 642 g/mol. The molecule has 5 N–H and O–H groups in total. The first-order chi connectivity index (χ1) is 21.6. The van der Waals surface area contributed by atoms with Gasteiger partial charge >= 0.3 is 13.7 Å². The highest BCUT2D eigenvalue weighted by Gasteiger charge is 2.57. The van der Waals surface area contributed by atoms with Crippen molar-refractivity contribution in [2.45, 2.75) is 75.9 Å². The smallest absolute Gasteiger partial charge is 0.459 e. The van der Waals surface area contributed by atoms with Crippen molar-refractivity contribution in [1.29, 1.82) is 5.26 Å². The summed E-state index contributed by atoms with van der Waals surface area (Å²) in [5.74, 6) is 0.680. The van der Waals surface area contributed by atoms with Crippen LogP contribution in [0.5, 0.6) is 5.75 Å². The molecule has 0 amide bonds. The molecule has 6 atom stereocenters. The molecular weight excluding hydrogens is 603 g/mol. The highest BCUT2D eigenvalue weighted by Crippen LogP contribution is 2.48. The first kappa shape index (κ1) is 32.8. The number of aromatic nitrogens is 3. The zero-order valence-corrected chi connectivity index (χ0v) is 26.1. The number of hydrogen-bond donors (Lipinski definition) is 4. The lowest BCUT2D eigenvalue weighted by atomic mass is 9.81. The topological polar surface area (TPSA) is 204 Å². The van der Waals surface area contributed by atoms with E-state index in [9.17, 15) is 24.8 Å². The van der Waals surface area contributed by atoms with Crippen molar-refractivity contribution in [3.63, 3.8) is 0 Å². The van der Waals surface area contributed by atoms with Gasteiger partial charge in [-0.3, -0.25) is 9.32 Å². The summed E-state index contributed by atoms with van der Waals surface area (Å²) in [4.78, 5) is 16.9. The Kier molecular flexibility index (Phi) is 10.1. The Bertz CT molecular complexity index is 1560. The third-order valence-electron chi connectivity index (χ3n) is 8.57. The van der Waals surface area contributed by atoms with Crippen LogP contribution in [0.3, 0.4) is 0 Å². The van der Waals surface area contributed by atoms with E-state index in [0.717, 1.165) is 32.1 Å². The number of nitrogens with one attached hydrogen (secondary N) is 1. The van der Waals surface area contributed by atoms with E-state index in [1.54, 1.807) is 42.5 Å². The molecule has 0 spiro atoms. The number of rotatable bonds is 12. The SMILES string of the molecule is CC[C@H]1CC[C@H](COC(=O)[C@H](C)NP(=O)(OC[C@@]2(C#N)O[C@@H](c3ccc4c(N)ncnn34)[C@H](O)[C@@H]2O)Oc2ccccc2)CC1. The average molecular weight is 643 g/mol. The third kappa shape index (κ3) is 7.14. The number of nitrogen functional groups attached to an aromatic ring is 1. The zero-order valence-electron chi connectivity index (χ0n) is 25.2. The van der Waals surface area contributed by atoms with Crippen LogP contribution < -0.4 is 15.3 Å². The number of fused-ring (bicyclic) bond motifs is 1. The van der Waals surface area contributed by atoms with Crippen LogP contribution in [0.4, 0.5) is 5.82 Å². The van der Waals surface area contributed by atoms with Gasteiger partial charge < -0.3 is 29.9 Å². The molecule has 2 fully saturated rings. The van der Waals surface area contributed by atoms with Gasteiger partial charge in [-0.15, -0.1) is 0 Å². The van der Waals surface area contributed by atoms with Crippen molar-refractivity contribution in [3.05, 3.63) is 54.5 Å². The normalized spacial score (nSPS) is 28.6. The zero-order chi connectivity index (χ0) is 32.2. The second kappa shape index (κ2) is 13.8. The molecule has 5 rings (SSSR count). The number of anilines is 1. The fourth-order valence-corrected chi connectivity index (χ4v) is 7.31. The molecule has 1 aliphatic carbocycles. The fraction of sp³-hybridized carbons (Fsp3) is 0.533. The van der Waals surface area contributed by atoms with E-state index < -0.39 is 50.3 Å². The summed E-state index contributed by atoms with van der Waals surface area (Å²) in [7, 11) is -4.42. The summed E-state index contributed by atoms with van der Waals surface area (Å²) in [5, 5.41) is 38.9. The van der Waals surface area contributed by atoms with Gasteiger partial charge in [0.25, 0.3) is 0 Å². The number of hydrogen-bond acceptors (Lipinski definition) is 12. The maximum Gasteiger partial charge on any atom is 0.459 e. The maximum absolute atomic E-state index is 14.1. The number of para-hydroxylation sites is 1. The fourth-order valence-electron chi connectivity index (χ4n) is 5.79. The lowest BCUT2D eigenvalue weighted by Gasteiger charge is -2.29. The van der Waals surface area contributed by atoms with Gasteiger partial charge in [0.2, 0.25) is 5.60 Å². The Morgan fingerprint density at radius 2 is 1.93 bits per heavy atom. The van der Waals surface area contributed by atoms with Gasteiger partial charge in [-0.05, 0) is 55.9 Å². The third-order valence-corrected chi connectivity index (χ3v) is 10.2. The van der Waals surface area contributed by atoms with Crippen molar-refractivity contribution in [2.75, 3.05) is 18.9 Å². The summed E-state index contributed by atoms with van der Waals surface area (Å²) in [5.41, 5.74) is 4.47. The minimum absolute atomic E-state index is 0.162. The van der Waals surface area contributed by atoms with Crippen molar-refractivity contribution in [3.8, 4) is 11.8 Å². The van der Waals surface area contributed by atoms with E-state index in [1.807, 2.05) is 6.07 Å². The molecule has 242 valence electrons. The lowest BCUT2D eigenvalue weighted by Crippen LogP contribution is -2.46. The molecule has 45 heavy (non-hydrogen) atoms. The van der Waals surface area contributed by atoms with Crippen LogP contribution in [-0.4, -0.2) is 67.8 Å². The van der Waals surface area contributed by atoms with Gasteiger partial charge in [0.1, 0.15) is 54.6 Å². The molecule has 1 unspecified atom stereocenters. The average Bonchev–Trinajstić information content (AvgIpc) is 3.59. The lowest BCUT2D eigenvalue weighted by molar-refractivity contribution is -0.147. The number of carbonyl (C=O) groups is 1. The molecule has 1 saturated heterocycles. The molecule has 14 nitrogen and oxygen atoms in total. The second-order valence-corrected chi connectivity index (χ2v) is 13.3. The predicted octanol–water partition coefficient (Wildman–Crippen LogP) is 3.31. The van der Waals surface area contributed by atoms with Crippen LogP contribution in [0.1, 0.15) is 57.7 Å². The minimum Gasteiger partial charge on any atom is -0.464 e. The minimum atomic E-state index is -4.42. The van der Waals surface area contributed by atoms with Crippen molar-refractivity contribution < 1.29 is 38.1 Å². The Morgan fingerprint density at radius 3 is 2.62 bits per heavy atom. The van der Waals surface area contributed by atoms with Gasteiger partial charge in [-0.25, -0.2) is 14.1 Å². The van der Waals surface area contributed by atoms with Crippen LogP contribution in [0, 0.1) is 23.2 Å². The van der Waals surface area contributed by atoms with E-state index in [-0.39, 0.29) is 24.1 Å². The number of aliphatic hydroxyl groups is 2. The molecule has 15 heteroatoms. The Morgan fingerprint density at radius 1 is 1.22 bits per heavy atom. The Hall–Kier alpha value is -3.57. The van der Waals surface area contributed by atoms with E-state index in [1.165, 1.54) is 17.8 Å². The highest BCUT2D eigenvalue weighted by atomic mass is 31.2. The Balaban J connectivity index is 1.30. The first-order valence-electron chi connectivity index (χ1n) is 15.0. The molecule has 1 saturated carbocycles. The first-order valence-corrected chi connectivity index (χ1v) is 16.6. The molecule has 3 aromatic rings. The van der Waals surface area contributed by atoms with E-state index in [2.05, 4.69) is 22.1 Å². The molecule has 0 bridgehead atoms. The van der Waals surface area contributed by atoms with Crippen molar-refractivity contribution >= 4 is 25.1 Å². The standard InChI is InChI=1S/C30H39N6O8P/c1-3-20-9-11-21(12-10-20)15-41-29(39)19(2)35-45(40,44-22-7-5-4-6-8-22)42-17-30(16-31)27(38)25(37)26(43-30)23-13-14-24-28(32)33-18-34-36(23)24/h4-8,13-14,18-21,25-27,37-38H,3,9-12,15,17H2,1-2H3,(H,35,40)(H2,32,33,34)/t19-,20-,21-,25-,26-,27-,30+,45?/m0/s1. The summed E-state index contributed by atoms with van der Waals surface area (Å²) < 4.78 is 38.3. The van der Waals surface area contributed by atoms with Crippen LogP contribution in [-0.2, 0) is 23.4 Å². The van der Waals surface area contributed by atoms with Gasteiger partial charge in [-0.2, -0.15) is 15.4 Å². The summed E-state index contributed by atoms with van der Waals surface area (Å²) in [6.45, 7) is 3.11. The number of nitrogens with zero attached hydrogens (tertiary/aromatic N) is 4. The number of carbonyl (C=O) groups excluding carboxylic acids is 1. The number of benzene rings is 1. The predicted molar refractivity (Wildman–Crippen MR) is 162 cm³/mol. The summed E-state index contributed by atoms with van der Waals surface area (Å²) in [6, 6.07) is 12.1. The maximum atomic E-state index is 14.1. The quantitative estimate of drug-likeness (QED) is 0.166. The van der Waals surface area contributed by atoms with Crippen LogP contribution in [0.15, 0.2) is 48.8 Å². The molecule has 3 heterocycles. The van der Waals surface area contributed by atoms with Gasteiger partial charge in [0, 0.05) is 0 Å². The second-order valence-electron chi connectivity index (χ2n) is 11.6. The summed E-state index contributed by atoms with van der Waals surface area (Å²) >= 11 is 0. The van der Waals surface area contributed by atoms with E-state index in [0.29, 0.717) is 17.1 Å². The number of aliphatic hydroxyl groups excluding tert-OH is 2.